The Morgan fingerprint density at radius 3 is 2.83 bits per heavy atom. The summed E-state index contributed by atoms with van der Waals surface area (Å²) in [4.78, 5) is 0. The van der Waals surface area contributed by atoms with Crippen LogP contribution in [0.25, 0.3) is 0 Å². The number of hydrogen-bond acceptors (Lipinski definition) is 0. The normalized spacial score (nSPS) is 14.3. The predicted octanol–water partition coefficient (Wildman–Crippen LogP) is 2.36. The Morgan fingerprint density at radius 1 is 2.00 bits per heavy atom. The van der Waals surface area contributed by atoms with Crippen LogP contribution in [0.4, 0.5) is 0 Å². The fourth-order valence-electron chi connectivity index (χ4n) is 0.144. The summed E-state index contributed by atoms with van der Waals surface area (Å²) in [6.45, 7) is 4.58. The van der Waals surface area contributed by atoms with Crippen LogP contribution in [0.1, 0.15) is 28.5 Å². The molecule has 0 N–H and O–H groups in total. The lowest BCUT2D eigenvalue weighted by molar-refractivity contribution is 1.09. The van der Waals surface area contributed by atoms with Crippen LogP contribution in [0.3, 0.4) is 0 Å². The van der Waals surface area contributed by atoms with Gasteiger partial charge in [-0.1, -0.05) is 18.6 Å². The summed E-state index contributed by atoms with van der Waals surface area (Å²) in [5, 5.41) is 0. The second-order valence-corrected chi connectivity index (χ2v) is 1.40. The molecule has 0 fully saturated rings. The van der Waals surface area contributed by atoms with Crippen LogP contribution in [0.15, 0.2) is 11.6 Å². The van der Waals surface area contributed by atoms with Gasteiger partial charge < -0.3 is 0 Å². The Hall–Kier alpha value is -0.260. The molecular formula is C6H12. The van der Waals surface area contributed by atoms with Crippen molar-refractivity contribution in [2.45, 2.75) is 27.2 Å². The fraction of sp³-hybridized carbons (Fsp3) is 0.667. The topological polar surface area (TPSA) is 0 Å². The highest BCUT2D eigenvalue weighted by atomic mass is 13.8. The van der Waals surface area contributed by atoms with Gasteiger partial charge in [-0.3, -0.25) is 0 Å². The molecule has 0 bridgehead atoms. The van der Waals surface area contributed by atoms with E-state index in [1.54, 1.807) is 0 Å². The van der Waals surface area contributed by atoms with Gasteiger partial charge in [-0.25, -0.2) is 0 Å². The first kappa shape index (κ1) is 3.91. The van der Waals surface area contributed by atoms with E-state index in [9.17, 15) is 0 Å². The molecule has 0 atom stereocenters. The molecular weight excluding hydrogens is 72.1 g/mol. The molecule has 0 aliphatic carbocycles. The summed E-state index contributed by atoms with van der Waals surface area (Å²) in [6.07, 6.45) is 3.01. The van der Waals surface area contributed by atoms with Crippen LogP contribution in [-0.2, 0) is 0 Å². The quantitative estimate of drug-likeness (QED) is 0.429. The first-order valence-corrected chi connectivity index (χ1v) is 2.26. The zero-order valence-electron chi connectivity index (χ0n) is 5.49. The lowest BCUT2D eigenvalue weighted by Crippen LogP contribution is -1.63. The number of hydrogen-bond donors (Lipinski definition) is 0. The lowest BCUT2D eigenvalue weighted by Gasteiger charge is -1.85. The van der Waals surface area contributed by atoms with Gasteiger partial charge >= 0.3 is 0 Å². The average Bonchev–Trinajstić information content (AvgIpc) is 1.68. The summed E-state index contributed by atoms with van der Waals surface area (Å²) in [6, 6.07) is 0. The minimum atomic E-state index is 0.430. The molecule has 36 valence electrons. The molecule has 0 radical (unpaired) electrons. The first-order valence-electron chi connectivity index (χ1n) is 2.96. The van der Waals surface area contributed by atoms with Gasteiger partial charge in [-0.2, -0.15) is 0 Å². The minimum absolute atomic E-state index is 0.430. The Kier molecular flexibility index (Phi) is 1.93. The van der Waals surface area contributed by atoms with Crippen LogP contribution in [0.5, 0.6) is 0 Å². The smallest absolute Gasteiger partial charge is 0.0273 e. The van der Waals surface area contributed by atoms with Crippen molar-refractivity contribution in [2.75, 3.05) is 0 Å². The minimum Gasteiger partial charge on any atom is -0.0887 e. The van der Waals surface area contributed by atoms with Gasteiger partial charge in [0.1, 0.15) is 0 Å². The summed E-state index contributed by atoms with van der Waals surface area (Å²) in [5.74, 6) is 0. The average molecular weight is 85.2 g/mol. The van der Waals surface area contributed by atoms with E-state index in [2.05, 4.69) is 13.8 Å². The zero-order chi connectivity index (χ0) is 5.70. The van der Waals surface area contributed by atoms with Crippen LogP contribution >= 0.6 is 0 Å². The highest BCUT2D eigenvalue weighted by molar-refractivity contribution is 4.93. The van der Waals surface area contributed by atoms with E-state index in [0.717, 1.165) is 6.42 Å². The summed E-state index contributed by atoms with van der Waals surface area (Å²) in [7, 11) is 0. The number of allylic oxidation sites excluding steroid dienone is 2. The van der Waals surface area contributed by atoms with Crippen LogP contribution in [0.2, 0.25) is 0 Å². The van der Waals surface area contributed by atoms with Gasteiger partial charge in [0.2, 0.25) is 0 Å². The van der Waals surface area contributed by atoms with E-state index in [-0.39, 0.29) is 0 Å². The van der Waals surface area contributed by atoms with Gasteiger partial charge in [-0.15, -0.1) is 0 Å². The molecule has 0 rings (SSSR count). The summed E-state index contributed by atoms with van der Waals surface area (Å²) in [5.41, 5.74) is 1.31. The molecule has 0 aromatic rings. The Morgan fingerprint density at radius 2 is 2.67 bits per heavy atom. The highest BCUT2D eigenvalue weighted by Crippen LogP contribution is 1.94. The van der Waals surface area contributed by atoms with Crippen molar-refractivity contribution < 1.29 is 1.37 Å². The zero-order valence-corrected chi connectivity index (χ0v) is 4.49. The van der Waals surface area contributed by atoms with Crippen LogP contribution < -0.4 is 0 Å². The van der Waals surface area contributed by atoms with Crippen LogP contribution in [-0.4, -0.2) is 0 Å². The summed E-state index contributed by atoms with van der Waals surface area (Å²) >= 11 is 0. The van der Waals surface area contributed by atoms with Crippen molar-refractivity contribution in [3.05, 3.63) is 11.6 Å². The Labute approximate surface area is 41.3 Å². The standard InChI is InChI=1S/C6H12/c1-4-6(3)5-2/h4H,5H2,1-3H3/b6-4-/i1D. The molecule has 0 heteroatoms. The molecule has 6 heavy (non-hydrogen) atoms. The van der Waals surface area contributed by atoms with E-state index < -0.39 is 0 Å². The molecule has 0 saturated heterocycles. The van der Waals surface area contributed by atoms with Crippen molar-refractivity contribution in [1.29, 1.82) is 0 Å². The van der Waals surface area contributed by atoms with Crippen molar-refractivity contribution in [3.63, 3.8) is 0 Å². The Balaban J connectivity index is 3.29. The van der Waals surface area contributed by atoms with Crippen molar-refractivity contribution in [1.82, 2.24) is 0 Å². The number of rotatable bonds is 1. The first-order chi connectivity index (χ1) is 3.31. The molecule has 0 saturated carbocycles. The van der Waals surface area contributed by atoms with Gasteiger partial charge in [-0.05, 0) is 20.2 Å². The third-order valence-corrected chi connectivity index (χ3v) is 0.906. The van der Waals surface area contributed by atoms with Crippen molar-refractivity contribution >= 4 is 0 Å². The molecule has 0 aliphatic rings. The Bertz CT molecular complexity index is 64.6. The van der Waals surface area contributed by atoms with Crippen LogP contribution in [0, 0.1) is 0 Å². The maximum Gasteiger partial charge on any atom is 0.0273 e. The van der Waals surface area contributed by atoms with E-state index in [4.69, 9.17) is 1.37 Å². The van der Waals surface area contributed by atoms with Gasteiger partial charge in [0, 0.05) is 1.37 Å². The van der Waals surface area contributed by atoms with Crippen molar-refractivity contribution in [3.8, 4) is 0 Å². The van der Waals surface area contributed by atoms with Gasteiger partial charge in [0.05, 0.1) is 0 Å². The van der Waals surface area contributed by atoms with E-state index in [0.29, 0.717) is 6.90 Å². The molecule has 0 aromatic carbocycles. The van der Waals surface area contributed by atoms with E-state index in [1.807, 2.05) is 6.08 Å². The highest BCUT2D eigenvalue weighted by Gasteiger charge is 1.73. The maximum absolute atomic E-state index is 6.76. The lowest BCUT2D eigenvalue weighted by atomic mass is 10.2. The predicted molar refractivity (Wildman–Crippen MR) is 29.7 cm³/mol. The molecule has 0 unspecified atom stereocenters. The maximum atomic E-state index is 6.76. The van der Waals surface area contributed by atoms with E-state index in [1.165, 1.54) is 5.57 Å². The monoisotopic (exact) mass is 85.1 g/mol. The molecule has 0 heterocycles. The second-order valence-electron chi connectivity index (χ2n) is 1.40. The fourth-order valence-corrected chi connectivity index (χ4v) is 0.144. The third-order valence-electron chi connectivity index (χ3n) is 0.906. The largest absolute Gasteiger partial charge is 0.0887 e. The molecule has 0 aliphatic heterocycles. The molecule has 0 spiro atoms. The molecule has 0 nitrogen and oxygen atoms in total. The van der Waals surface area contributed by atoms with Crippen molar-refractivity contribution in [2.24, 2.45) is 0 Å². The third kappa shape index (κ3) is 2.01. The molecule has 0 aromatic heterocycles. The van der Waals surface area contributed by atoms with Gasteiger partial charge in [0.25, 0.3) is 0 Å². The second kappa shape index (κ2) is 2.95. The van der Waals surface area contributed by atoms with E-state index >= 15 is 0 Å². The van der Waals surface area contributed by atoms with Gasteiger partial charge in [0.15, 0.2) is 0 Å². The summed E-state index contributed by atoms with van der Waals surface area (Å²) < 4.78 is 6.76. The molecule has 0 amide bonds. The SMILES string of the molecule is [2H]C/C=C(/C)CC.